The maximum Gasteiger partial charge on any atom is 0.0464 e. The van der Waals surface area contributed by atoms with Gasteiger partial charge in [-0.05, 0) is 63.0 Å². The van der Waals surface area contributed by atoms with Crippen LogP contribution in [0.3, 0.4) is 0 Å². The van der Waals surface area contributed by atoms with E-state index < -0.39 is 0 Å². The number of hydrogen-bond donors (Lipinski definition) is 1. The Bertz CT molecular complexity index is 432. The minimum atomic E-state index is 0.289. The first-order valence-corrected chi connectivity index (χ1v) is 8.64. The van der Waals surface area contributed by atoms with E-state index in [1.807, 2.05) is 12.1 Å². The van der Waals surface area contributed by atoms with Gasteiger partial charge in [0.05, 0.1) is 0 Å². The number of nitrogens with one attached hydrogen (secondary N) is 1. The predicted molar refractivity (Wildman–Crippen MR) is 90.4 cm³/mol. The van der Waals surface area contributed by atoms with Gasteiger partial charge in [0.1, 0.15) is 0 Å². The average molecular weight is 360 g/mol. The molecule has 1 aliphatic rings. The molecule has 2 atom stereocenters. The first kappa shape index (κ1) is 16.3. The summed E-state index contributed by atoms with van der Waals surface area (Å²) in [4.78, 5) is 2.57. The lowest BCUT2D eigenvalue weighted by molar-refractivity contribution is 0.279. The standard InChI is InChI=1S/C16H24BrClN2/c1-12(11-20-7-3-4-8-20)10-19-13(2)15-6-5-14(17)9-16(15)18/h5-6,9,12-13,19H,3-4,7-8,10-11H2,1-2H3. The Balaban J connectivity index is 1.80. The first-order chi connectivity index (χ1) is 9.56. The molecular weight excluding hydrogens is 336 g/mol. The van der Waals surface area contributed by atoms with Gasteiger partial charge in [0, 0.05) is 22.1 Å². The van der Waals surface area contributed by atoms with Gasteiger partial charge in [-0.25, -0.2) is 0 Å². The minimum absolute atomic E-state index is 0.289. The molecule has 0 aliphatic carbocycles. The fourth-order valence-corrected chi connectivity index (χ4v) is 3.65. The summed E-state index contributed by atoms with van der Waals surface area (Å²) < 4.78 is 1.03. The summed E-state index contributed by atoms with van der Waals surface area (Å²) in [6, 6.07) is 6.39. The predicted octanol–water partition coefficient (Wildman–Crippen LogP) is 4.49. The molecule has 1 N–H and O–H groups in total. The van der Waals surface area contributed by atoms with E-state index in [-0.39, 0.29) is 6.04 Å². The van der Waals surface area contributed by atoms with Crippen LogP contribution in [0.15, 0.2) is 22.7 Å². The molecule has 1 aliphatic heterocycles. The summed E-state index contributed by atoms with van der Waals surface area (Å²) in [5.41, 5.74) is 1.17. The lowest BCUT2D eigenvalue weighted by Gasteiger charge is -2.23. The fourth-order valence-electron chi connectivity index (χ4n) is 2.81. The highest BCUT2D eigenvalue weighted by molar-refractivity contribution is 9.10. The third-order valence-corrected chi connectivity index (χ3v) is 4.79. The lowest BCUT2D eigenvalue weighted by atomic mass is 10.1. The molecule has 0 amide bonds. The second-order valence-corrected chi connectivity index (χ2v) is 7.23. The molecule has 1 heterocycles. The van der Waals surface area contributed by atoms with Crippen molar-refractivity contribution in [1.82, 2.24) is 10.2 Å². The SMILES string of the molecule is CC(CNC(C)c1ccc(Br)cc1Cl)CN1CCCC1. The molecule has 1 aromatic carbocycles. The third kappa shape index (κ3) is 4.73. The van der Waals surface area contributed by atoms with Crippen molar-refractivity contribution in [3.05, 3.63) is 33.3 Å². The Kier molecular flexibility index (Phi) is 6.34. The summed E-state index contributed by atoms with van der Waals surface area (Å²) in [5.74, 6) is 0.671. The Morgan fingerprint density at radius 1 is 1.30 bits per heavy atom. The smallest absolute Gasteiger partial charge is 0.0464 e. The summed E-state index contributed by atoms with van der Waals surface area (Å²) in [6.07, 6.45) is 2.73. The van der Waals surface area contributed by atoms with Crippen molar-refractivity contribution in [2.24, 2.45) is 5.92 Å². The van der Waals surface area contributed by atoms with Gasteiger partial charge >= 0.3 is 0 Å². The van der Waals surface area contributed by atoms with E-state index >= 15 is 0 Å². The second kappa shape index (κ2) is 7.79. The molecule has 1 aromatic rings. The van der Waals surface area contributed by atoms with Crippen molar-refractivity contribution in [3.8, 4) is 0 Å². The van der Waals surface area contributed by atoms with Gasteiger partial charge in [-0.3, -0.25) is 0 Å². The number of benzene rings is 1. The largest absolute Gasteiger partial charge is 0.310 e. The van der Waals surface area contributed by atoms with Crippen molar-refractivity contribution in [2.75, 3.05) is 26.2 Å². The van der Waals surface area contributed by atoms with E-state index in [2.05, 4.69) is 46.1 Å². The van der Waals surface area contributed by atoms with Gasteiger partial charge in [-0.15, -0.1) is 0 Å². The van der Waals surface area contributed by atoms with Crippen LogP contribution in [0.2, 0.25) is 5.02 Å². The molecule has 2 rings (SSSR count). The zero-order valence-electron chi connectivity index (χ0n) is 12.3. The topological polar surface area (TPSA) is 15.3 Å². The third-order valence-electron chi connectivity index (χ3n) is 3.97. The van der Waals surface area contributed by atoms with E-state index in [4.69, 9.17) is 11.6 Å². The van der Waals surface area contributed by atoms with Crippen LogP contribution in [0, 0.1) is 5.92 Å². The van der Waals surface area contributed by atoms with Crippen LogP contribution in [0.5, 0.6) is 0 Å². The van der Waals surface area contributed by atoms with Gasteiger partial charge in [-0.2, -0.15) is 0 Å². The second-order valence-electron chi connectivity index (χ2n) is 5.91. The maximum atomic E-state index is 6.30. The molecule has 0 bridgehead atoms. The average Bonchev–Trinajstić information content (AvgIpc) is 2.89. The molecule has 0 radical (unpaired) electrons. The van der Waals surface area contributed by atoms with Crippen molar-refractivity contribution in [3.63, 3.8) is 0 Å². The minimum Gasteiger partial charge on any atom is -0.310 e. The molecule has 2 nitrogen and oxygen atoms in total. The number of halogens is 2. The first-order valence-electron chi connectivity index (χ1n) is 7.47. The summed E-state index contributed by atoms with van der Waals surface area (Å²) in [5, 5.41) is 4.43. The van der Waals surface area contributed by atoms with Crippen LogP contribution in [-0.4, -0.2) is 31.1 Å². The number of rotatable bonds is 6. The molecule has 1 saturated heterocycles. The molecule has 1 fully saturated rings. The van der Waals surface area contributed by atoms with E-state index in [9.17, 15) is 0 Å². The Labute approximate surface area is 136 Å². The van der Waals surface area contributed by atoms with Crippen molar-refractivity contribution < 1.29 is 0 Å². The van der Waals surface area contributed by atoms with Crippen LogP contribution in [0.25, 0.3) is 0 Å². The molecular formula is C16H24BrClN2. The number of nitrogens with zero attached hydrogens (tertiary/aromatic N) is 1. The van der Waals surface area contributed by atoms with Crippen molar-refractivity contribution >= 4 is 27.5 Å². The molecule has 20 heavy (non-hydrogen) atoms. The Hall–Kier alpha value is -0.0900. The molecule has 112 valence electrons. The van der Waals surface area contributed by atoms with Crippen LogP contribution in [0.1, 0.15) is 38.3 Å². The van der Waals surface area contributed by atoms with Crippen LogP contribution >= 0.6 is 27.5 Å². The summed E-state index contributed by atoms with van der Waals surface area (Å²) in [6.45, 7) is 9.29. The van der Waals surface area contributed by atoms with Gasteiger partial charge in [0.25, 0.3) is 0 Å². The normalized spacial score (nSPS) is 19.2. The van der Waals surface area contributed by atoms with Crippen molar-refractivity contribution in [1.29, 1.82) is 0 Å². The zero-order valence-corrected chi connectivity index (χ0v) is 14.7. The number of likely N-dealkylation sites (tertiary alicyclic amines) is 1. The zero-order chi connectivity index (χ0) is 14.5. The number of hydrogen-bond acceptors (Lipinski definition) is 2. The van der Waals surface area contributed by atoms with Gasteiger partial charge in [0.15, 0.2) is 0 Å². The molecule has 2 unspecified atom stereocenters. The maximum absolute atomic E-state index is 6.30. The highest BCUT2D eigenvalue weighted by Crippen LogP contribution is 2.26. The van der Waals surface area contributed by atoms with E-state index in [0.29, 0.717) is 5.92 Å². The molecule has 0 aromatic heterocycles. The van der Waals surface area contributed by atoms with E-state index in [1.54, 1.807) is 0 Å². The van der Waals surface area contributed by atoms with Crippen molar-refractivity contribution in [2.45, 2.75) is 32.7 Å². The molecule has 4 heteroatoms. The molecule has 0 saturated carbocycles. The van der Waals surface area contributed by atoms with Crippen LogP contribution in [-0.2, 0) is 0 Å². The summed E-state index contributed by atoms with van der Waals surface area (Å²) >= 11 is 9.75. The molecule has 0 spiro atoms. The van der Waals surface area contributed by atoms with Crippen LogP contribution < -0.4 is 5.32 Å². The highest BCUT2D eigenvalue weighted by Gasteiger charge is 2.16. The Morgan fingerprint density at radius 3 is 2.65 bits per heavy atom. The lowest BCUT2D eigenvalue weighted by Crippen LogP contribution is -2.32. The van der Waals surface area contributed by atoms with Crippen LogP contribution in [0.4, 0.5) is 0 Å². The van der Waals surface area contributed by atoms with Gasteiger partial charge < -0.3 is 10.2 Å². The fraction of sp³-hybridized carbons (Fsp3) is 0.625. The quantitative estimate of drug-likeness (QED) is 0.805. The highest BCUT2D eigenvalue weighted by atomic mass is 79.9. The van der Waals surface area contributed by atoms with Gasteiger partial charge in [0.2, 0.25) is 0 Å². The summed E-state index contributed by atoms with van der Waals surface area (Å²) in [7, 11) is 0. The monoisotopic (exact) mass is 358 g/mol. The van der Waals surface area contributed by atoms with E-state index in [1.165, 1.54) is 38.0 Å². The Morgan fingerprint density at radius 2 is 2.00 bits per heavy atom. The van der Waals surface area contributed by atoms with E-state index in [0.717, 1.165) is 16.0 Å². The van der Waals surface area contributed by atoms with Gasteiger partial charge in [-0.1, -0.05) is 40.5 Å².